The molecule has 1 saturated carbocycles. The predicted octanol–water partition coefficient (Wildman–Crippen LogP) is 5.00. The Kier molecular flexibility index (Phi) is 11.3. The fraction of sp³-hybridized carbons (Fsp3) is 0.880. The number of esters is 1. The van der Waals surface area contributed by atoms with Gasteiger partial charge < -0.3 is 23.7 Å². The Bertz CT molecular complexity index is 655. The van der Waals surface area contributed by atoms with Crippen molar-refractivity contribution in [2.24, 2.45) is 5.92 Å². The molecule has 33 heavy (non-hydrogen) atoms. The zero-order valence-corrected chi connectivity index (χ0v) is 21.9. The summed E-state index contributed by atoms with van der Waals surface area (Å²) in [6.45, 7) is 16.2. The number of Topliss-reactive ketones (excluding diaryl/α,β-unsaturated/α-hetero) is 1. The van der Waals surface area contributed by atoms with Gasteiger partial charge in [0.15, 0.2) is 12.2 Å². The van der Waals surface area contributed by atoms with Crippen LogP contribution in [0.1, 0.15) is 94.4 Å². The molecule has 0 N–H and O–H groups in total. The first-order valence-electron chi connectivity index (χ1n) is 12.1. The van der Waals surface area contributed by atoms with Crippen molar-refractivity contribution in [2.45, 2.75) is 130 Å². The van der Waals surface area contributed by atoms with Crippen molar-refractivity contribution >= 4 is 17.9 Å². The van der Waals surface area contributed by atoms with Crippen LogP contribution < -0.4 is 0 Å². The Morgan fingerprint density at radius 3 is 2.12 bits per heavy atom. The molecule has 1 aliphatic carbocycles. The van der Waals surface area contributed by atoms with Crippen LogP contribution in [0.25, 0.3) is 0 Å². The number of rotatable bonds is 12. The Morgan fingerprint density at radius 1 is 0.939 bits per heavy atom. The van der Waals surface area contributed by atoms with Crippen LogP contribution in [0, 0.1) is 5.92 Å². The SMILES string of the molecule is CCCOC(=O)OC1CCCCC1C(C)(C)OC(C)(C)C(=O)C(C)OC(=O)C(C)OC(C)C. The summed E-state index contributed by atoms with van der Waals surface area (Å²) in [5.41, 5.74) is -2.00. The molecule has 8 heteroatoms. The summed E-state index contributed by atoms with van der Waals surface area (Å²) in [5.74, 6) is -1.05. The number of carbonyl (C=O) groups excluding carboxylic acids is 3. The number of carbonyl (C=O) groups is 3. The molecule has 0 heterocycles. The fourth-order valence-corrected chi connectivity index (χ4v) is 4.44. The summed E-state index contributed by atoms with van der Waals surface area (Å²) in [6, 6.07) is 0. The highest BCUT2D eigenvalue weighted by atomic mass is 16.7. The van der Waals surface area contributed by atoms with Gasteiger partial charge in [-0.3, -0.25) is 4.79 Å². The van der Waals surface area contributed by atoms with Gasteiger partial charge in [0, 0.05) is 5.92 Å². The minimum Gasteiger partial charge on any atom is -0.453 e. The van der Waals surface area contributed by atoms with Gasteiger partial charge in [-0.2, -0.15) is 0 Å². The van der Waals surface area contributed by atoms with Crippen molar-refractivity contribution in [1.82, 2.24) is 0 Å². The Balaban J connectivity index is 2.84. The smallest absolute Gasteiger partial charge is 0.453 e. The molecule has 0 aromatic rings. The second kappa shape index (κ2) is 12.7. The maximum Gasteiger partial charge on any atom is 0.508 e. The van der Waals surface area contributed by atoms with Crippen LogP contribution in [0.4, 0.5) is 4.79 Å². The second-order valence-corrected chi connectivity index (χ2v) is 10.1. The van der Waals surface area contributed by atoms with Gasteiger partial charge in [0.25, 0.3) is 0 Å². The van der Waals surface area contributed by atoms with Crippen LogP contribution in [-0.4, -0.2) is 60.1 Å². The van der Waals surface area contributed by atoms with Crippen LogP contribution in [-0.2, 0) is 33.3 Å². The molecular weight excluding hydrogens is 428 g/mol. The van der Waals surface area contributed by atoms with Gasteiger partial charge in [0.2, 0.25) is 5.78 Å². The van der Waals surface area contributed by atoms with E-state index in [0.717, 1.165) is 32.1 Å². The molecule has 1 rings (SSSR count). The van der Waals surface area contributed by atoms with Gasteiger partial charge in [-0.25, -0.2) is 9.59 Å². The van der Waals surface area contributed by atoms with E-state index in [4.69, 9.17) is 23.7 Å². The summed E-state index contributed by atoms with van der Waals surface area (Å²) in [4.78, 5) is 37.5. The lowest BCUT2D eigenvalue weighted by atomic mass is 9.76. The quantitative estimate of drug-likeness (QED) is 0.366. The molecule has 192 valence electrons. The number of hydrogen-bond donors (Lipinski definition) is 0. The molecule has 8 nitrogen and oxygen atoms in total. The number of ketones is 1. The van der Waals surface area contributed by atoms with Crippen molar-refractivity contribution in [3.05, 3.63) is 0 Å². The number of ether oxygens (including phenoxy) is 5. The summed E-state index contributed by atoms with van der Waals surface area (Å²) in [6.07, 6.45) is 1.25. The molecule has 1 aliphatic rings. The highest BCUT2D eigenvalue weighted by Crippen LogP contribution is 2.39. The molecule has 0 aromatic carbocycles. The molecule has 4 unspecified atom stereocenters. The molecule has 0 radical (unpaired) electrons. The molecular formula is C25H44O8. The third-order valence-electron chi connectivity index (χ3n) is 5.85. The molecule has 0 amide bonds. The third kappa shape index (κ3) is 9.24. The van der Waals surface area contributed by atoms with E-state index in [-0.39, 0.29) is 23.9 Å². The summed E-state index contributed by atoms with van der Waals surface area (Å²) in [7, 11) is 0. The molecule has 0 aromatic heterocycles. The monoisotopic (exact) mass is 472 g/mol. The average molecular weight is 473 g/mol. The van der Waals surface area contributed by atoms with Gasteiger partial charge in [0.1, 0.15) is 11.7 Å². The zero-order valence-electron chi connectivity index (χ0n) is 21.9. The third-order valence-corrected chi connectivity index (χ3v) is 5.85. The lowest BCUT2D eigenvalue weighted by Crippen LogP contribution is -2.53. The Labute approximate surface area is 199 Å². The zero-order chi connectivity index (χ0) is 25.4. The van der Waals surface area contributed by atoms with Gasteiger partial charge in [-0.1, -0.05) is 13.3 Å². The largest absolute Gasteiger partial charge is 0.508 e. The normalized spacial score (nSPS) is 21.3. The molecule has 0 bridgehead atoms. The minimum atomic E-state index is -1.23. The van der Waals surface area contributed by atoms with Crippen LogP contribution in [0.15, 0.2) is 0 Å². The van der Waals surface area contributed by atoms with E-state index in [1.165, 1.54) is 6.92 Å². The first kappa shape index (κ1) is 29.4. The van der Waals surface area contributed by atoms with Gasteiger partial charge in [0.05, 0.1) is 18.3 Å². The first-order valence-corrected chi connectivity index (χ1v) is 12.1. The van der Waals surface area contributed by atoms with Crippen molar-refractivity contribution in [2.75, 3.05) is 6.61 Å². The van der Waals surface area contributed by atoms with Gasteiger partial charge in [-0.15, -0.1) is 0 Å². The summed E-state index contributed by atoms with van der Waals surface area (Å²) in [5, 5.41) is 0. The van der Waals surface area contributed by atoms with E-state index in [1.807, 2.05) is 34.6 Å². The van der Waals surface area contributed by atoms with Gasteiger partial charge in [-0.05, 0) is 81.1 Å². The maximum atomic E-state index is 13.1. The van der Waals surface area contributed by atoms with Crippen molar-refractivity contribution in [3.8, 4) is 0 Å². The van der Waals surface area contributed by atoms with Crippen LogP contribution in [0.2, 0.25) is 0 Å². The highest BCUT2D eigenvalue weighted by molar-refractivity contribution is 5.92. The molecule has 0 aliphatic heterocycles. The van der Waals surface area contributed by atoms with Crippen LogP contribution in [0.3, 0.4) is 0 Å². The highest BCUT2D eigenvalue weighted by Gasteiger charge is 2.46. The number of hydrogen-bond acceptors (Lipinski definition) is 8. The van der Waals surface area contributed by atoms with Gasteiger partial charge >= 0.3 is 12.1 Å². The van der Waals surface area contributed by atoms with Crippen molar-refractivity contribution in [1.29, 1.82) is 0 Å². The topological polar surface area (TPSA) is 97.4 Å². The minimum absolute atomic E-state index is 0.107. The van der Waals surface area contributed by atoms with E-state index in [0.29, 0.717) is 6.61 Å². The molecule has 1 fully saturated rings. The Hall–Kier alpha value is -1.67. The standard InChI is InChI=1S/C25H44O8/c1-10-15-29-23(28)32-20-14-12-11-13-19(20)24(6,7)33-25(8,9)21(26)17(4)31-22(27)18(5)30-16(2)3/h16-20H,10-15H2,1-9H3. The lowest BCUT2D eigenvalue weighted by Gasteiger charge is -2.45. The molecule has 0 spiro atoms. The van der Waals surface area contributed by atoms with Crippen molar-refractivity contribution in [3.63, 3.8) is 0 Å². The predicted molar refractivity (Wildman–Crippen MR) is 124 cm³/mol. The Morgan fingerprint density at radius 2 is 1.55 bits per heavy atom. The lowest BCUT2D eigenvalue weighted by molar-refractivity contribution is -0.194. The summed E-state index contributed by atoms with van der Waals surface area (Å²) >= 11 is 0. The molecule has 0 saturated heterocycles. The second-order valence-electron chi connectivity index (χ2n) is 10.1. The average Bonchev–Trinajstić information content (AvgIpc) is 2.70. The van der Waals surface area contributed by atoms with Crippen LogP contribution in [0.5, 0.6) is 0 Å². The van der Waals surface area contributed by atoms with E-state index in [9.17, 15) is 14.4 Å². The van der Waals surface area contributed by atoms with E-state index >= 15 is 0 Å². The maximum absolute atomic E-state index is 13.1. The summed E-state index contributed by atoms with van der Waals surface area (Å²) < 4.78 is 27.8. The van der Waals surface area contributed by atoms with E-state index < -0.39 is 35.5 Å². The first-order chi connectivity index (χ1) is 15.2. The van der Waals surface area contributed by atoms with E-state index in [1.54, 1.807) is 20.8 Å². The van der Waals surface area contributed by atoms with Crippen molar-refractivity contribution < 1.29 is 38.1 Å². The fourth-order valence-electron chi connectivity index (χ4n) is 4.44. The molecule has 4 atom stereocenters. The van der Waals surface area contributed by atoms with E-state index in [2.05, 4.69) is 0 Å². The van der Waals surface area contributed by atoms with Crippen LogP contribution >= 0.6 is 0 Å².